The molecule has 0 spiro atoms. The summed E-state index contributed by atoms with van der Waals surface area (Å²) in [4.78, 5) is 4.44. The summed E-state index contributed by atoms with van der Waals surface area (Å²) in [6.45, 7) is 0.516. The van der Waals surface area contributed by atoms with Crippen molar-refractivity contribution in [2.45, 2.75) is 6.54 Å². The Morgan fingerprint density at radius 3 is 2.72 bits per heavy atom. The summed E-state index contributed by atoms with van der Waals surface area (Å²) in [5, 5.41) is 14.3. The van der Waals surface area contributed by atoms with Crippen LogP contribution in [0.1, 0.15) is 5.01 Å². The van der Waals surface area contributed by atoms with E-state index in [2.05, 4.69) is 36.4 Å². The number of rotatable bonds is 4. The van der Waals surface area contributed by atoms with Crippen molar-refractivity contribution in [2.24, 2.45) is 0 Å². The number of anilines is 1. The average molecular weight is 415 g/mol. The number of hydrogen-bond donors (Lipinski definition) is 1. The number of benzene rings is 2. The summed E-state index contributed by atoms with van der Waals surface area (Å²) in [5.74, 6) is 0.347. The first-order chi connectivity index (χ1) is 12.2. The second-order valence-corrected chi connectivity index (χ2v) is 7.29. The quantitative estimate of drug-likeness (QED) is 0.494. The van der Waals surface area contributed by atoms with E-state index in [0.29, 0.717) is 22.4 Å². The molecule has 0 fully saturated rings. The highest BCUT2D eigenvalue weighted by atomic mass is 79.9. The van der Waals surface area contributed by atoms with Crippen molar-refractivity contribution in [3.8, 4) is 10.6 Å². The molecule has 4 aromatic rings. The maximum atomic E-state index is 13.7. The van der Waals surface area contributed by atoms with Crippen LogP contribution in [0.2, 0.25) is 0 Å². The molecule has 0 aliphatic heterocycles. The summed E-state index contributed by atoms with van der Waals surface area (Å²) in [6.07, 6.45) is 0. The predicted molar refractivity (Wildman–Crippen MR) is 102 cm³/mol. The van der Waals surface area contributed by atoms with Gasteiger partial charge in [0, 0.05) is 17.0 Å². The molecule has 0 saturated carbocycles. The fourth-order valence-corrected chi connectivity index (χ4v) is 3.55. The van der Waals surface area contributed by atoms with Crippen molar-refractivity contribution in [3.63, 3.8) is 0 Å². The molecule has 1 N–H and O–H groups in total. The van der Waals surface area contributed by atoms with E-state index in [9.17, 15) is 4.39 Å². The van der Waals surface area contributed by atoms with Crippen LogP contribution >= 0.6 is 27.3 Å². The van der Waals surface area contributed by atoms with Gasteiger partial charge in [-0.2, -0.15) is 0 Å². The lowest BCUT2D eigenvalue weighted by Gasteiger charge is -2.05. The molecule has 0 saturated heterocycles. The zero-order valence-corrected chi connectivity index (χ0v) is 15.3. The van der Waals surface area contributed by atoms with E-state index < -0.39 is 0 Å². The Kier molecular flexibility index (Phi) is 4.42. The summed E-state index contributed by atoms with van der Waals surface area (Å²) >= 11 is 4.72. The second kappa shape index (κ2) is 6.85. The van der Waals surface area contributed by atoms with Gasteiger partial charge in [0.25, 0.3) is 0 Å². The maximum absolute atomic E-state index is 13.7. The highest BCUT2D eigenvalue weighted by Crippen LogP contribution is 2.25. The van der Waals surface area contributed by atoms with Gasteiger partial charge >= 0.3 is 0 Å². The molecule has 0 radical (unpaired) electrons. The van der Waals surface area contributed by atoms with Gasteiger partial charge in [-0.3, -0.25) is 0 Å². The fraction of sp³-hybridized carbons (Fsp3) is 0.0556. The van der Waals surface area contributed by atoms with Crippen molar-refractivity contribution >= 4 is 44.0 Å². The largest absolute Gasteiger partial charge is 0.363 e. The molecule has 0 aliphatic rings. The SMILES string of the molecule is Fc1cc2nc(NCc3nnc(-c4ccccc4)s3)ccc2cc1Br. The second-order valence-electron chi connectivity index (χ2n) is 5.38. The molecule has 4 rings (SSSR count). The van der Waals surface area contributed by atoms with Crippen LogP contribution in [0.4, 0.5) is 10.2 Å². The Bertz CT molecular complexity index is 1040. The number of halogens is 2. The predicted octanol–water partition coefficient (Wildman–Crippen LogP) is 5.27. The molecule has 0 atom stereocenters. The molecule has 7 heteroatoms. The van der Waals surface area contributed by atoms with Gasteiger partial charge in [-0.1, -0.05) is 41.7 Å². The van der Waals surface area contributed by atoms with Crippen LogP contribution < -0.4 is 5.32 Å². The number of aromatic nitrogens is 3. The third kappa shape index (κ3) is 3.52. The Morgan fingerprint density at radius 2 is 1.88 bits per heavy atom. The molecule has 0 aliphatic carbocycles. The smallest absolute Gasteiger partial charge is 0.147 e. The summed E-state index contributed by atoms with van der Waals surface area (Å²) in [5.41, 5.74) is 1.66. The minimum absolute atomic E-state index is 0.325. The average Bonchev–Trinajstić information content (AvgIpc) is 3.11. The van der Waals surface area contributed by atoms with Crippen LogP contribution in [-0.4, -0.2) is 15.2 Å². The lowest BCUT2D eigenvalue weighted by atomic mass is 10.2. The standard InChI is InChI=1S/C18H12BrFN4S/c19-13-8-12-6-7-16(22-15(12)9-14(13)20)21-10-17-23-24-18(25-17)11-4-2-1-3-5-11/h1-9H,10H2,(H,21,22). The number of hydrogen-bond acceptors (Lipinski definition) is 5. The van der Waals surface area contributed by atoms with E-state index in [1.807, 2.05) is 42.5 Å². The molecule has 124 valence electrons. The van der Waals surface area contributed by atoms with Crippen LogP contribution in [0.25, 0.3) is 21.5 Å². The molecular formula is C18H12BrFN4S. The van der Waals surface area contributed by atoms with E-state index >= 15 is 0 Å². The first-order valence-corrected chi connectivity index (χ1v) is 9.17. The van der Waals surface area contributed by atoms with E-state index in [1.165, 1.54) is 17.4 Å². The first kappa shape index (κ1) is 16.1. The highest BCUT2D eigenvalue weighted by molar-refractivity contribution is 9.10. The molecule has 0 bridgehead atoms. The molecular weight excluding hydrogens is 403 g/mol. The number of nitrogens with one attached hydrogen (secondary N) is 1. The lowest BCUT2D eigenvalue weighted by molar-refractivity contribution is 0.623. The van der Waals surface area contributed by atoms with Gasteiger partial charge in [0.15, 0.2) is 0 Å². The maximum Gasteiger partial charge on any atom is 0.147 e. The molecule has 4 nitrogen and oxygen atoms in total. The molecule has 0 unspecified atom stereocenters. The lowest BCUT2D eigenvalue weighted by Crippen LogP contribution is -2.01. The third-order valence-corrected chi connectivity index (χ3v) is 5.22. The van der Waals surface area contributed by atoms with Gasteiger partial charge < -0.3 is 5.32 Å². The zero-order valence-electron chi connectivity index (χ0n) is 12.9. The number of pyridine rings is 1. The molecule has 2 aromatic carbocycles. The monoisotopic (exact) mass is 414 g/mol. The molecule has 25 heavy (non-hydrogen) atoms. The minimum atomic E-state index is -0.325. The first-order valence-electron chi connectivity index (χ1n) is 7.56. The van der Waals surface area contributed by atoms with Gasteiger partial charge in [0.05, 0.1) is 16.5 Å². The van der Waals surface area contributed by atoms with E-state index in [1.54, 1.807) is 6.07 Å². The van der Waals surface area contributed by atoms with Crippen molar-refractivity contribution in [3.05, 3.63) is 69.9 Å². The highest BCUT2D eigenvalue weighted by Gasteiger charge is 2.08. The minimum Gasteiger partial charge on any atom is -0.363 e. The Morgan fingerprint density at radius 1 is 1.04 bits per heavy atom. The molecule has 2 aromatic heterocycles. The zero-order chi connectivity index (χ0) is 17.2. The van der Waals surface area contributed by atoms with Crippen molar-refractivity contribution in [1.82, 2.24) is 15.2 Å². The number of nitrogens with zero attached hydrogens (tertiary/aromatic N) is 3. The normalized spacial score (nSPS) is 11.0. The van der Waals surface area contributed by atoms with Crippen LogP contribution in [0.5, 0.6) is 0 Å². The van der Waals surface area contributed by atoms with Crippen molar-refractivity contribution < 1.29 is 4.39 Å². The van der Waals surface area contributed by atoms with Gasteiger partial charge in [-0.05, 0) is 34.1 Å². The Hall–Kier alpha value is -2.38. The summed E-state index contributed by atoms with van der Waals surface area (Å²) in [7, 11) is 0. The van der Waals surface area contributed by atoms with Gasteiger partial charge in [-0.25, -0.2) is 9.37 Å². The molecule has 2 heterocycles. The van der Waals surface area contributed by atoms with Crippen LogP contribution in [-0.2, 0) is 6.54 Å². The van der Waals surface area contributed by atoms with Gasteiger partial charge in [0.2, 0.25) is 0 Å². The van der Waals surface area contributed by atoms with E-state index in [4.69, 9.17) is 0 Å². The van der Waals surface area contributed by atoms with Crippen LogP contribution in [0, 0.1) is 5.82 Å². The summed E-state index contributed by atoms with van der Waals surface area (Å²) < 4.78 is 14.1. The van der Waals surface area contributed by atoms with E-state index in [-0.39, 0.29) is 5.82 Å². The van der Waals surface area contributed by atoms with Crippen molar-refractivity contribution in [2.75, 3.05) is 5.32 Å². The molecule has 0 amide bonds. The van der Waals surface area contributed by atoms with Gasteiger partial charge in [0.1, 0.15) is 21.7 Å². The van der Waals surface area contributed by atoms with Crippen LogP contribution in [0.3, 0.4) is 0 Å². The third-order valence-electron chi connectivity index (χ3n) is 3.64. The fourth-order valence-electron chi connectivity index (χ4n) is 2.40. The van der Waals surface area contributed by atoms with Gasteiger partial charge in [-0.15, -0.1) is 10.2 Å². The van der Waals surface area contributed by atoms with Crippen LogP contribution in [0.15, 0.2) is 59.1 Å². The Balaban J connectivity index is 1.51. The topological polar surface area (TPSA) is 50.7 Å². The van der Waals surface area contributed by atoms with E-state index in [0.717, 1.165) is 21.0 Å². The Labute approximate surface area is 155 Å². The number of fused-ring (bicyclic) bond motifs is 1. The van der Waals surface area contributed by atoms with Crippen molar-refractivity contribution in [1.29, 1.82) is 0 Å². The summed E-state index contributed by atoms with van der Waals surface area (Å²) in [6, 6.07) is 16.9.